The molecule has 1 aromatic rings. The second-order valence-electron chi connectivity index (χ2n) is 5.33. The minimum Gasteiger partial charge on any atom is -0.493 e. The summed E-state index contributed by atoms with van der Waals surface area (Å²) in [5.74, 6) is 0.846. The molecule has 0 aliphatic heterocycles. The first-order valence-electron chi connectivity index (χ1n) is 6.71. The van der Waals surface area contributed by atoms with Crippen molar-refractivity contribution < 1.29 is 14.6 Å². The van der Waals surface area contributed by atoms with Crippen molar-refractivity contribution in [1.82, 2.24) is 4.90 Å². The van der Waals surface area contributed by atoms with Crippen molar-refractivity contribution in [3.8, 4) is 5.75 Å². The van der Waals surface area contributed by atoms with Crippen LogP contribution in [0.25, 0.3) is 0 Å². The van der Waals surface area contributed by atoms with Gasteiger partial charge in [0, 0.05) is 6.54 Å². The van der Waals surface area contributed by atoms with Crippen molar-refractivity contribution in [3.05, 3.63) is 29.8 Å². The van der Waals surface area contributed by atoms with E-state index in [-0.39, 0.29) is 0 Å². The van der Waals surface area contributed by atoms with Gasteiger partial charge < -0.3 is 9.84 Å². The van der Waals surface area contributed by atoms with Crippen LogP contribution in [-0.2, 0) is 11.3 Å². The molecule has 0 aromatic heterocycles. The Kier molecular flexibility index (Phi) is 4.43. The van der Waals surface area contributed by atoms with Gasteiger partial charge in [0.1, 0.15) is 11.8 Å². The summed E-state index contributed by atoms with van der Waals surface area (Å²) in [6, 6.07) is 7.42. The smallest absolute Gasteiger partial charge is 0.320 e. The fourth-order valence-corrected chi connectivity index (χ4v) is 1.80. The van der Waals surface area contributed by atoms with Crippen molar-refractivity contribution in [3.63, 3.8) is 0 Å². The molecule has 0 bridgehead atoms. The zero-order valence-corrected chi connectivity index (χ0v) is 11.5. The molecule has 0 saturated heterocycles. The van der Waals surface area contributed by atoms with Crippen LogP contribution in [0.3, 0.4) is 0 Å². The van der Waals surface area contributed by atoms with E-state index in [0.29, 0.717) is 6.54 Å². The number of hydrogen-bond acceptors (Lipinski definition) is 3. The number of likely N-dealkylation sites (N-methyl/N-ethyl adjacent to an activating group) is 1. The fraction of sp³-hybridized carbons (Fsp3) is 0.533. The fourth-order valence-electron chi connectivity index (χ4n) is 1.80. The molecule has 0 spiro atoms. The number of aliphatic carboxylic acids is 1. The lowest BCUT2D eigenvalue weighted by Gasteiger charge is -2.21. The lowest BCUT2D eigenvalue weighted by molar-refractivity contribution is -0.142. The first-order chi connectivity index (χ1) is 9.06. The average molecular weight is 263 g/mol. The Hall–Kier alpha value is -1.55. The van der Waals surface area contributed by atoms with E-state index < -0.39 is 12.0 Å². The minimum absolute atomic E-state index is 0.481. The zero-order valence-electron chi connectivity index (χ0n) is 11.5. The molecule has 2 rings (SSSR count). The van der Waals surface area contributed by atoms with Gasteiger partial charge >= 0.3 is 5.97 Å². The van der Waals surface area contributed by atoms with Gasteiger partial charge in [-0.15, -0.1) is 0 Å². The SMILES string of the molecule is CC(C(=O)O)N(C)Cc1ccc(OCC2CC2)cc1. The van der Waals surface area contributed by atoms with E-state index in [2.05, 4.69) is 0 Å². The number of carboxylic acids is 1. The number of hydrogen-bond donors (Lipinski definition) is 1. The molecule has 1 fully saturated rings. The Balaban J connectivity index is 1.84. The van der Waals surface area contributed by atoms with Crippen LogP contribution in [0, 0.1) is 5.92 Å². The van der Waals surface area contributed by atoms with Crippen LogP contribution in [-0.4, -0.2) is 35.7 Å². The van der Waals surface area contributed by atoms with Crippen LogP contribution in [0.5, 0.6) is 5.75 Å². The molecule has 19 heavy (non-hydrogen) atoms. The second kappa shape index (κ2) is 6.06. The first kappa shape index (κ1) is 13.9. The summed E-state index contributed by atoms with van der Waals surface area (Å²) in [6.07, 6.45) is 2.58. The quantitative estimate of drug-likeness (QED) is 0.820. The molecule has 0 amide bonds. The van der Waals surface area contributed by atoms with Crippen molar-refractivity contribution >= 4 is 5.97 Å². The van der Waals surface area contributed by atoms with Crippen molar-refractivity contribution in [2.75, 3.05) is 13.7 Å². The summed E-state index contributed by atoms with van der Waals surface area (Å²) in [5, 5.41) is 8.94. The second-order valence-corrected chi connectivity index (χ2v) is 5.33. The van der Waals surface area contributed by atoms with Crippen LogP contribution >= 0.6 is 0 Å². The Labute approximate surface area is 114 Å². The van der Waals surface area contributed by atoms with Gasteiger partial charge in [0.25, 0.3) is 0 Å². The molecule has 1 N–H and O–H groups in total. The van der Waals surface area contributed by atoms with Gasteiger partial charge in [-0.25, -0.2) is 0 Å². The Morgan fingerprint density at radius 1 is 1.42 bits per heavy atom. The van der Waals surface area contributed by atoms with E-state index in [1.165, 1.54) is 12.8 Å². The molecule has 1 atom stereocenters. The van der Waals surface area contributed by atoms with Gasteiger partial charge in [-0.1, -0.05) is 12.1 Å². The topological polar surface area (TPSA) is 49.8 Å². The van der Waals surface area contributed by atoms with Crippen LogP contribution in [0.2, 0.25) is 0 Å². The van der Waals surface area contributed by atoms with E-state index in [4.69, 9.17) is 9.84 Å². The summed E-state index contributed by atoms with van der Waals surface area (Å²) >= 11 is 0. The highest BCUT2D eigenvalue weighted by Gasteiger charge is 2.21. The first-order valence-corrected chi connectivity index (χ1v) is 6.71. The van der Waals surface area contributed by atoms with Gasteiger partial charge in [-0.05, 0) is 50.4 Å². The van der Waals surface area contributed by atoms with Crippen molar-refractivity contribution in [2.45, 2.75) is 32.4 Å². The molecule has 1 aliphatic rings. The molecular weight excluding hydrogens is 242 g/mol. The summed E-state index contributed by atoms with van der Waals surface area (Å²) in [4.78, 5) is 12.7. The van der Waals surface area contributed by atoms with Crippen LogP contribution in [0.15, 0.2) is 24.3 Å². The predicted molar refractivity (Wildman–Crippen MR) is 73.2 cm³/mol. The average Bonchev–Trinajstić information content (AvgIpc) is 3.21. The van der Waals surface area contributed by atoms with E-state index in [1.54, 1.807) is 6.92 Å². The monoisotopic (exact) mass is 263 g/mol. The molecule has 0 radical (unpaired) electrons. The van der Waals surface area contributed by atoms with Gasteiger partial charge in [-0.2, -0.15) is 0 Å². The summed E-state index contributed by atoms with van der Waals surface area (Å²) in [6.45, 7) is 3.13. The molecule has 1 unspecified atom stereocenters. The molecule has 1 saturated carbocycles. The van der Waals surface area contributed by atoms with Crippen molar-refractivity contribution in [1.29, 1.82) is 0 Å². The molecular formula is C15H21NO3. The molecule has 4 nitrogen and oxygen atoms in total. The number of carbonyl (C=O) groups is 1. The number of carboxylic acid groups (broad SMARTS) is 1. The highest BCUT2D eigenvalue weighted by molar-refractivity contribution is 5.72. The lowest BCUT2D eigenvalue weighted by Crippen LogP contribution is -2.35. The Bertz CT molecular complexity index is 426. The van der Waals surface area contributed by atoms with Gasteiger partial charge in [-0.3, -0.25) is 9.69 Å². The maximum absolute atomic E-state index is 10.9. The third-order valence-corrected chi connectivity index (χ3v) is 3.56. The van der Waals surface area contributed by atoms with E-state index >= 15 is 0 Å². The standard InChI is InChI=1S/C15H21NO3/c1-11(15(17)18)16(2)9-12-5-7-14(8-6-12)19-10-13-3-4-13/h5-8,11,13H,3-4,9-10H2,1-2H3,(H,17,18). The molecule has 4 heteroatoms. The maximum atomic E-state index is 10.9. The van der Waals surface area contributed by atoms with Crippen LogP contribution in [0.1, 0.15) is 25.3 Å². The summed E-state index contributed by atoms with van der Waals surface area (Å²) < 4.78 is 5.67. The van der Waals surface area contributed by atoms with Crippen LogP contribution in [0.4, 0.5) is 0 Å². The summed E-state index contributed by atoms with van der Waals surface area (Å²) in [7, 11) is 1.82. The lowest BCUT2D eigenvalue weighted by atomic mass is 10.2. The highest BCUT2D eigenvalue weighted by Crippen LogP contribution is 2.29. The Morgan fingerprint density at radius 3 is 2.58 bits per heavy atom. The van der Waals surface area contributed by atoms with Crippen molar-refractivity contribution in [2.24, 2.45) is 5.92 Å². The van der Waals surface area contributed by atoms with Crippen LogP contribution < -0.4 is 4.74 Å². The number of nitrogens with zero attached hydrogens (tertiary/aromatic N) is 1. The predicted octanol–water partition coefficient (Wildman–Crippen LogP) is 2.38. The van der Waals surface area contributed by atoms with Gasteiger partial charge in [0.15, 0.2) is 0 Å². The largest absolute Gasteiger partial charge is 0.493 e. The number of benzene rings is 1. The Morgan fingerprint density at radius 2 is 2.05 bits per heavy atom. The van der Waals surface area contributed by atoms with E-state index in [9.17, 15) is 4.79 Å². The van der Waals surface area contributed by atoms with E-state index in [0.717, 1.165) is 23.8 Å². The van der Waals surface area contributed by atoms with Gasteiger partial charge in [0.2, 0.25) is 0 Å². The third kappa shape index (κ3) is 4.24. The number of ether oxygens (including phenoxy) is 1. The molecule has 0 heterocycles. The maximum Gasteiger partial charge on any atom is 0.320 e. The normalized spacial score (nSPS) is 16.4. The minimum atomic E-state index is -0.799. The van der Waals surface area contributed by atoms with Gasteiger partial charge in [0.05, 0.1) is 6.61 Å². The number of rotatable bonds is 7. The molecule has 104 valence electrons. The third-order valence-electron chi connectivity index (χ3n) is 3.56. The highest BCUT2D eigenvalue weighted by atomic mass is 16.5. The molecule has 1 aliphatic carbocycles. The summed E-state index contributed by atoms with van der Waals surface area (Å²) in [5.41, 5.74) is 1.09. The zero-order chi connectivity index (χ0) is 13.8. The molecule has 1 aromatic carbocycles. The van der Waals surface area contributed by atoms with E-state index in [1.807, 2.05) is 36.2 Å².